The predicted octanol–water partition coefficient (Wildman–Crippen LogP) is 7.21. The third-order valence-electron chi connectivity index (χ3n) is 5.48. The van der Waals surface area contributed by atoms with Crippen LogP contribution in [0.1, 0.15) is 71.6 Å². The average Bonchev–Trinajstić information content (AvgIpc) is 2.57. The smallest absolute Gasteiger partial charge is 0.400 e. The largest absolute Gasteiger partial charge is 0.432 e. The predicted molar refractivity (Wildman–Crippen MR) is 95.3 cm³/mol. The zero-order chi connectivity index (χ0) is 18.3. The molecule has 1 aromatic carbocycles. The highest BCUT2D eigenvalue weighted by Gasteiger charge is 2.43. The van der Waals surface area contributed by atoms with Gasteiger partial charge in [-0.15, -0.1) is 0 Å². The molecule has 0 bridgehead atoms. The second-order valence-electron chi connectivity index (χ2n) is 7.66. The van der Waals surface area contributed by atoms with Crippen LogP contribution in [0.2, 0.25) is 0 Å². The number of alkyl halides is 2. The molecule has 1 fully saturated rings. The second kappa shape index (κ2) is 9.49. The quantitative estimate of drug-likeness (QED) is 0.454. The van der Waals surface area contributed by atoms with E-state index in [2.05, 4.69) is 13.8 Å². The SMILES string of the molecule is CCCC(C)CCCC1CCC(C(F)(F)Oc2ccc(F)cc2)CC1. The van der Waals surface area contributed by atoms with E-state index in [0.717, 1.165) is 37.3 Å². The molecule has 1 unspecified atom stereocenters. The van der Waals surface area contributed by atoms with E-state index in [0.29, 0.717) is 18.8 Å². The molecule has 4 heteroatoms. The zero-order valence-electron chi connectivity index (χ0n) is 15.4. The van der Waals surface area contributed by atoms with Gasteiger partial charge in [-0.2, -0.15) is 8.78 Å². The van der Waals surface area contributed by atoms with Crippen LogP contribution >= 0.6 is 0 Å². The zero-order valence-corrected chi connectivity index (χ0v) is 15.4. The molecule has 1 aliphatic rings. The summed E-state index contributed by atoms with van der Waals surface area (Å²) >= 11 is 0. The van der Waals surface area contributed by atoms with Crippen molar-refractivity contribution in [3.8, 4) is 5.75 Å². The topological polar surface area (TPSA) is 9.23 Å². The Balaban J connectivity index is 1.73. The maximum Gasteiger partial charge on any atom is 0.400 e. The molecule has 0 spiro atoms. The fourth-order valence-electron chi connectivity index (χ4n) is 3.92. The first-order chi connectivity index (χ1) is 11.9. The standard InChI is InChI=1S/C21H31F3O/c1-3-5-16(2)6-4-7-17-8-10-18(11-9-17)21(23,24)25-20-14-12-19(22)13-15-20/h12-18H,3-11H2,1-2H3. The molecule has 0 aliphatic heterocycles. The summed E-state index contributed by atoms with van der Waals surface area (Å²) in [5.74, 6) is 0.178. The summed E-state index contributed by atoms with van der Waals surface area (Å²) in [6, 6.07) is 4.79. The highest BCUT2D eigenvalue weighted by molar-refractivity contribution is 5.22. The van der Waals surface area contributed by atoms with Gasteiger partial charge in [-0.1, -0.05) is 46.0 Å². The summed E-state index contributed by atoms with van der Waals surface area (Å²) in [6.45, 7) is 4.51. The molecule has 1 nitrogen and oxygen atoms in total. The fraction of sp³-hybridized carbons (Fsp3) is 0.714. The van der Waals surface area contributed by atoms with Crippen LogP contribution in [0.3, 0.4) is 0 Å². The van der Waals surface area contributed by atoms with Crippen LogP contribution in [0.5, 0.6) is 5.75 Å². The summed E-state index contributed by atoms with van der Waals surface area (Å²) in [4.78, 5) is 0. The average molecular weight is 356 g/mol. The van der Waals surface area contributed by atoms with E-state index in [1.165, 1.54) is 37.8 Å². The van der Waals surface area contributed by atoms with Crippen molar-refractivity contribution in [2.45, 2.75) is 77.7 Å². The summed E-state index contributed by atoms with van der Waals surface area (Å²) in [6.07, 6.45) is 5.66. The second-order valence-corrected chi connectivity index (χ2v) is 7.66. The molecular formula is C21H31F3O. The summed E-state index contributed by atoms with van der Waals surface area (Å²) in [5.41, 5.74) is 0. The molecule has 0 N–H and O–H groups in total. The number of ether oxygens (including phenoxy) is 1. The van der Waals surface area contributed by atoms with E-state index < -0.39 is 17.8 Å². The highest BCUT2D eigenvalue weighted by Crippen LogP contribution is 2.41. The molecule has 0 heterocycles. The maximum atomic E-state index is 14.3. The molecule has 2 rings (SSSR count). The van der Waals surface area contributed by atoms with Gasteiger partial charge in [-0.3, -0.25) is 0 Å². The van der Waals surface area contributed by atoms with E-state index >= 15 is 0 Å². The van der Waals surface area contributed by atoms with Gasteiger partial charge >= 0.3 is 6.11 Å². The van der Waals surface area contributed by atoms with Crippen molar-refractivity contribution in [2.24, 2.45) is 17.8 Å². The number of rotatable bonds is 9. The van der Waals surface area contributed by atoms with E-state index in [9.17, 15) is 13.2 Å². The Kier molecular flexibility index (Phi) is 7.64. The Bertz CT molecular complexity index is 492. The lowest BCUT2D eigenvalue weighted by molar-refractivity contribution is -0.223. The third-order valence-corrected chi connectivity index (χ3v) is 5.48. The van der Waals surface area contributed by atoms with Crippen molar-refractivity contribution in [3.63, 3.8) is 0 Å². The Hall–Kier alpha value is -1.19. The van der Waals surface area contributed by atoms with Gasteiger partial charge in [0.1, 0.15) is 11.6 Å². The Morgan fingerprint density at radius 3 is 2.32 bits per heavy atom. The molecule has 0 amide bonds. The van der Waals surface area contributed by atoms with E-state index in [1.54, 1.807) is 0 Å². The molecule has 1 aromatic rings. The van der Waals surface area contributed by atoms with Crippen molar-refractivity contribution in [2.75, 3.05) is 0 Å². The molecule has 142 valence electrons. The van der Waals surface area contributed by atoms with E-state index in [1.807, 2.05) is 0 Å². The van der Waals surface area contributed by atoms with Gasteiger partial charge < -0.3 is 4.74 Å². The lowest BCUT2D eigenvalue weighted by Crippen LogP contribution is -2.37. The van der Waals surface area contributed by atoms with Gasteiger partial charge in [-0.05, 0) is 61.8 Å². The first-order valence-electron chi connectivity index (χ1n) is 9.73. The lowest BCUT2D eigenvalue weighted by Gasteiger charge is -2.33. The van der Waals surface area contributed by atoms with Crippen LogP contribution in [0.25, 0.3) is 0 Å². The van der Waals surface area contributed by atoms with Crippen molar-refractivity contribution in [1.82, 2.24) is 0 Å². The highest BCUT2D eigenvalue weighted by atomic mass is 19.3. The number of hydrogen-bond donors (Lipinski definition) is 0. The lowest BCUT2D eigenvalue weighted by atomic mass is 9.79. The maximum absolute atomic E-state index is 14.3. The van der Waals surface area contributed by atoms with Crippen molar-refractivity contribution >= 4 is 0 Å². The van der Waals surface area contributed by atoms with Crippen LogP contribution in [-0.4, -0.2) is 6.11 Å². The number of hydrogen-bond acceptors (Lipinski definition) is 1. The molecule has 0 aromatic heterocycles. The van der Waals surface area contributed by atoms with E-state index in [4.69, 9.17) is 4.74 Å². The van der Waals surface area contributed by atoms with Crippen LogP contribution in [0, 0.1) is 23.6 Å². The van der Waals surface area contributed by atoms with Gasteiger partial charge in [0, 0.05) is 0 Å². The molecule has 1 saturated carbocycles. The van der Waals surface area contributed by atoms with Crippen LogP contribution in [-0.2, 0) is 0 Å². The molecule has 1 atom stereocenters. The van der Waals surface area contributed by atoms with Gasteiger partial charge in [0.15, 0.2) is 0 Å². The Labute approximate surface area is 150 Å². The molecule has 1 aliphatic carbocycles. The van der Waals surface area contributed by atoms with Gasteiger partial charge in [0.25, 0.3) is 0 Å². The number of benzene rings is 1. The normalized spacial score (nSPS) is 22.6. The van der Waals surface area contributed by atoms with Crippen LogP contribution in [0.15, 0.2) is 24.3 Å². The minimum atomic E-state index is -3.18. The van der Waals surface area contributed by atoms with Crippen molar-refractivity contribution in [3.05, 3.63) is 30.1 Å². The van der Waals surface area contributed by atoms with Gasteiger partial charge in [-0.25, -0.2) is 4.39 Å². The molecule has 0 saturated heterocycles. The monoisotopic (exact) mass is 356 g/mol. The Morgan fingerprint density at radius 1 is 1.08 bits per heavy atom. The summed E-state index contributed by atoms with van der Waals surface area (Å²) < 4.78 is 46.4. The summed E-state index contributed by atoms with van der Waals surface area (Å²) in [5, 5.41) is 0. The fourth-order valence-corrected chi connectivity index (χ4v) is 3.92. The minimum absolute atomic E-state index is 0.0263. The minimum Gasteiger partial charge on any atom is -0.432 e. The first-order valence-corrected chi connectivity index (χ1v) is 9.73. The van der Waals surface area contributed by atoms with Crippen molar-refractivity contribution in [1.29, 1.82) is 0 Å². The van der Waals surface area contributed by atoms with Crippen molar-refractivity contribution < 1.29 is 17.9 Å². The van der Waals surface area contributed by atoms with E-state index in [-0.39, 0.29) is 5.75 Å². The van der Waals surface area contributed by atoms with Crippen LogP contribution < -0.4 is 4.74 Å². The first kappa shape index (κ1) is 20.1. The molecule has 0 radical (unpaired) electrons. The Morgan fingerprint density at radius 2 is 1.72 bits per heavy atom. The van der Waals surface area contributed by atoms with Crippen LogP contribution in [0.4, 0.5) is 13.2 Å². The van der Waals surface area contributed by atoms with Gasteiger partial charge in [0.05, 0.1) is 5.92 Å². The molecular weight excluding hydrogens is 325 g/mol. The van der Waals surface area contributed by atoms with Gasteiger partial charge in [0.2, 0.25) is 0 Å². The molecule has 25 heavy (non-hydrogen) atoms. The third kappa shape index (κ3) is 6.56. The summed E-state index contributed by atoms with van der Waals surface area (Å²) in [7, 11) is 0. The number of halogens is 3.